The van der Waals surface area contributed by atoms with Crippen LogP contribution in [0.5, 0.6) is 11.5 Å². The first-order valence-electron chi connectivity index (χ1n) is 5.78. The van der Waals surface area contributed by atoms with Crippen molar-refractivity contribution < 1.29 is 23.8 Å². The van der Waals surface area contributed by atoms with Gasteiger partial charge in [0, 0.05) is 11.5 Å². The monoisotopic (exact) mass is 345 g/mol. The molecule has 110 valence electrons. The van der Waals surface area contributed by atoms with Gasteiger partial charge in [0.1, 0.15) is 0 Å². The predicted molar refractivity (Wildman–Crippen MR) is 76.0 cm³/mol. The van der Waals surface area contributed by atoms with Crippen LogP contribution in [0.3, 0.4) is 0 Å². The molecular weight excluding hydrogens is 330 g/mol. The molecule has 1 aromatic carbocycles. The third-order valence-electron chi connectivity index (χ3n) is 2.53. The van der Waals surface area contributed by atoms with Crippen LogP contribution in [0.4, 0.5) is 0 Å². The Morgan fingerprint density at radius 2 is 1.80 bits per heavy atom. The normalized spacial score (nSPS) is 9.80. The molecule has 0 aromatic heterocycles. The zero-order chi connectivity index (χ0) is 15.1. The van der Waals surface area contributed by atoms with E-state index in [9.17, 15) is 9.59 Å². The summed E-state index contributed by atoms with van der Waals surface area (Å²) in [4.78, 5) is 22.6. The van der Waals surface area contributed by atoms with Crippen molar-refractivity contribution in [3.05, 3.63) is 22.2 Å². The Labute approximate surface area is 125 Å². The van der Waals surface area contributed by atoms with E-state index in [0.29, 0.717) is 21.5 Å². The Morgan fingerprint density at radius 1 is 1.20 bits per heavy atom. The summed E-state index contributed by atoms with van der Waals surface area (Å²) in [5, 5.41) is 2.37. The van der Waals surface area contributed by atoms with E-state index in [4.69, 9.17) is 14.2 Å². The van der Waals surface area contributed by atoms with Crippen LogP contribution in [-0.2, 0) is 20.7 Å². The summed E-state index contributed by atoms with van der Waals surface area (Å²) in [5.74, 6) is 0.220. The van der Waals surface area contributed by atoms with Gasteiger partial charge in [0.2, 0.25) is 0 Å². The Hall–Kier alpha value is -1.76. The van der Waals surface area contributed by atoms with Crippen LogP contribution in [0, 0.1) is 0 Å². The average molecular weight is 346 g/mol. The largest absolute Gasteiger partial charge is 0.493 e. The van der Waals surface area contributed by atoms with Crippen LogP contribution in [0.15, 0.2) is 16.6 Å². The van der Waals surface area contributed by atoms with E-state index >= 15 is 0 Å². The molecule has 0 atom stereocenters. The molecule has 1 aromatic rings. The lowest BCUT2D eigenvalue weighted by molar-refractivity contribution is -0.147. The minimum Gasteiger partial charge on any atom is -0.493 e. The fourth-order valence-corrected chi connectivity index (χ4v) is 1.92. The lowest BCUT2D eigenvalue weighted by atomic mass is 10.1. The summed E-state index contributed by atoms with van der Waals surface area (Å²) >= 11 is 3.35. The van der Waals surface area contributed by atoms with Crippen LogP contribution >= 0.6 is 15.9 Å². The lowest BCUT2D eigenvalue weighted by Gasteiger charge is -2.11. The van der Waals surface area contributed by atoms with Crippen LogP contribution in [0.2, 0.25) is 0 Å². The summed E-state index contributed by atoms with van der Waals surface area (Å²) in [6, 6.07) is 3.39. The van der Waals surface area contributed by atoms with Gasteiger partial charge in [0.05, 0.1) is 20.6 Å². The van der Waals surface area contributed by atoms with Crippen molar-refractivity contribution in [3.63, 3.8) is 0 Å². The smallest absolute Gasteiger partial charge is 0.310 e. The van der Waals surface area contributed by atoms with Crippen molar-refractivity contribution in [2.75, 3.05) is 27.9 Å². The summed E-state index contributed by atoms with van der Waals surface area (Å²) in [7, 11) is 4.52. The van der Waals surface area contributed by atoms with Crippen molar-refractivity contribution in [1.82, 2.24) is 5.32 Å². The van der Waals surface area contributed by atoms with Crippen molar-refractivity contribution in [1.29, 1.82) is 0 Å². The van der Waals surface area contributed by atoms with Gasteiger partial charge in [-0.2, -0.15) is 0 Å². The maximum Gasteiger partial charge on any atom is 0.310 e. The molecule has 1 rings (SSSR count). The summed E-state index contributed by atoms with van der Waals surface area (Å²) in [6.45, 7) is -0.291. The molecule has 0 saturated carbocycles. The van der Waals surface area contributed by atoms with E-state index < -0.39 is 5.97 Å². The van der Waals surface area contributed by atoms with Crippen molar-refractivity contribution in [2.45, 2.75) is 6.42 Å². The highest BCUT2D eigenvalue weighted by Crippen LogP contribution is 2.33. The molecule has 1 N–H and O–H groups in total. The molecule has 0 aliphatic heterocycles. The SMILES string of the molecule is CNC(=O)COC(=O)Cc1cc(OC)c(OC)cc1Br. The zero-order valence-electron chi connectivity index (χ0n) is 11.5. The third-order valence-corrected chi connectivity index (χ3v) is 3.27. The van der Waals surface area contributed by atoms with E-state index in [0.717, 1.165) is 0 Å². The second kappa shape index (κ2) is 7.74. The quantitative estimate of drug-likeness (QED) is 0.786. The number of halogens is 1. The Morgan fingerprint density at radius 3 is 2.35 bits per heavy atom. The highest BCUT2D eigenvalue weighted by atomic mass is 79.9. The number of methoxy groups -OCH3 is 2. The molecule has 0 radical (unpaired) electrons. The summed E-state index contributed by atoms with van der Waals surface area (Å²) in [5.41, 5.74) is 0.685. The first-order valence-corrected chi connectivity index (χ1v) is 6.57. The van der Waals surface area contributed by atoms with E-state index in [2.05, 4.69) is 21.2 Å². The zero-order valence-corrected chi connectivity index (χ0v) is 13.1. The van der Waals surface area contributed by atoms with Crippen molar-refractivity contribution in [3.8, 4) is 11.5 Å². The fraction of sp³-hybridized carbons (Fsp3) is 0.385. The second-order valence-electron chi connectivity index (χ2n) is 3.81. The number of carbonyl (C=O) groups excluding carboxylic acids is 2. The van der Waals surface area contributed by atoms with Gasteiger partial charge >= 0.3 is 5.97 Å². The van der Waals surface area contributed by atoms with E-state index in [1.54, 1.807) is 12.1 Å². The van der Waals surface area contributed by atoms with Gasteiger partial charge in [0.25, 0.3) is 5.91 Å². The third kappa shape index (κ3) is 4.41. The summed E-state index contributed by atoms with van der Waals surface area (Å²) in [6.07, 6.45) is 0.0257. The number of likely N-dealkylation sites (N-methyl/N-ethyl adjacent to an activating group) is 1. The Balaban J connectivity index is 2.77. The first kappa shape index (κ1) is 16.3. The number of rotatable bonds is 6. The summed E-state index contributed by atoms with van der Waals surface area (Å²) < 4.78 is 15.9. The van der Waals surface area contributed by atoms with Crippen LogP contribution in [0.25, 0.3) is 0 Å². The standard InChI is InChI=1S/C13H16BrNO5/c1-15-12(16)7-20-13(17)5-8-4-10(18-2)11(19-3)6-9(8)14/h4,6H,5,7H2,1-3H3,(H,15,16). The van der Waals surface area contributed by atoms with Gasteiger partial charge < -0.3 is 19.5 Å². The maximum atomic E-state index is 11.6. The fourth-order valence-electron chi connectivity index (χ4n) is 1.46. The molecule has 0 aliphatic rings. The van der Waals surface area contributed by atoms with E-state index in [1.165, 1.54) is 21.3 Å². The Bertz CT molecular complexity index is 504. The number of amides is 1. The molecule has 0 aliphatic carbocycles. The van der Waals surface area contributed by atoms with Crippen molar-refractivity contribution in [2.24, 2.45) is 0 Å². The molecule has 6 nitrogen and oxygen atoms in total. The van der Waals surface area contributed by atoms with Gasteiger partial charge in [-0.15, -0.1) is 0 Å². The van der Waals surface area contributed by atoms with Gasteiger partial charge in [-0.1, -0.05) is 15.9 Å². The van der Waals surface area contributed by atoms with Gasteiger partial charge in [-0.3, -0.25) is 9.59 Å². The lowest BCUT2D eigenvalue weighted by Crippen LogP contribution is -2.25. The number of hydrogen-bond acceptors (Lipinski definition) is 5. The predicted octanol–water partition coefficient (Wildman–Crippen LogP) is 1.30. The number of benzene rings is 1. The minimum atomic E-state index is -0.499. The second-order valence-corrected chi connectivity index (χ2v) is 4.66. The molecule has 20 heavy (non-hydrogen) atoms. The van der Waals surface area contributed by atoms with E-state index in [-0.39, 0.29) is 18.9 Å². The molecule has 0 bridgehead atoms. The molecule has 0 saturated heterocycles. The van der Waals surface area contributed by atoms with Crippen molar-refractivity contribution >= 4 is 27.8 Å². The number of esters is 1. The minimum absolute atomic E-state index is 0.0257. The van der Waals surface area contributed by atoms with Crippen LogP contribution in [0.1, 0.15) is 5.56 Å². The number of hydrogen-bond donors (Lipinski definition) is 1. The molecule has 0 fully saturated rings. The van der Waals surface area contributed by atoms with Crippen LogP contribution in [-0.4, -0.2) is 39.8 Å². The van der Waals surface area contributed by atoms with Gasteiger partial charge in [-0.05, 0) is 17.7 Å². The van der Waals surface area contributed by atoms with Crippen LogP contribution < -0.4 is 14.8 Å². The number of nitrogens with one attached hydrogen (secondary N) is 1. The number of ether oxygens (including phenoxy) is 3. The topological polar surface area (TPSA) is 73.9 Å². The Kier molecular flexibility index (Phi) is 6.30. The molecule has 1 amide bonds. The molecule has 0 heterocycles. The van der Waals surface area contributed by atoms with E-state index in [1.807, 2.05) is 0 Å². The molecule has 0 spiro atoms. The highest BCUT2D eigenvalue weighted by molar-refractivity contribution is 9.10. The average Bonchev–Trinajstić information content (AvgIpc) is 2.46. The van der Waals surface area contributed by atoms with Gasteiger partial charge in [-0.25, -0.2) is 0 Å². The molecular formula is C13H16BrNO5. The maximum absolute atomic E-state index is 11.6. The molecule has 7 heteroatoms. The molecule has 0 unspecified atom stereocenters. The number of carbonyl (C=O) groups is 2. The van der Waals surface area contributed by atoms with Gasteiger partial charge in [0.15, 0.2) is 18.1 Å². The highest BCUT2D eigenvalue weighted by Gasteiger charge is 2.14. The first-order chi connectivity index (χ1) is 9.51.